The van der Waals surface area contributed by atoms with Gasteiger partial charge in [-0.2, -0.15) is 0 Å². The van der Waals surface area contributed by atoms with Gasteiger partial charge in [0, 0.05) is 37.2 Å². The molecule has 1 N–H and O–H groups in total. The van der Waals surface area contributed by atoms with Gasteiger partial charge in [-0.25, -0.2) is 19.9 Å². The van der Waals surface area contributed by atoms with Gasteiger partial charge in [-0.1, -0.05) is 29.6 Å². The molecule has 0 bridgehead atoms. The minimum Gasteiger partial charge on any atom is -0.381 e. The molecule has 8 heteroatoms. The lowest BCUT2D eigenvalue weighted by atomic mass is 9.98. The van der Waals surface area contributed by atoms with Gasteiger partial charge in [-0.3, -0.25) is 0 Å². The minimum atomic E-state index is 0.355. The van der Waals surface area contributed by atoms with Gasteiger partial charge >= 0.3 is 0 Å². The molecule has 154 valence electrons. The zero-order valence-electron chi connectivity index (χ0n) is 16.3. The van der Waals surface area contributed by atoms with Crippen LogP contribution in [-0.4, -0.2) is 40.4 Å². The molecule has 1 aliphatic carbocycles. The smallest absolute Gasteiger partial charge is 0.171 e. The predicted octanol–water partition coefficient (Wildman–Crippen LogP) is 5.72. The van der Waals surface area contributed by atoms with E-state index >= 15 is 0 Å². The number of nitrogens with one attached hydrogen (secondary N) is 1. The number of rotatable bonds is 5. The molecule has 29 heavy (non-hydrogen) atoms. The van der Waals surface area contributed by atoms with Crippen molar-refractivity contribution in [2.24, 2.45) is 10.9 Å². The van der Waals surface area contributed by atoms with Crippen molar-refractivity contribution < 1.29 is 4.74 Å². The summed E-state index contributed by atoms with van der Waals surface area (Å²) in [6.45, 7) is 2.41. The average Bonchev–Trinajstić information content (AvgIpc) is 2.76. The maximum atomic E-state index is 6.42. The van der Waals surface area contributed by atoms with E-state index in [9.17, 15) is 0 Å². The van der Waals surface area contributed by atoms with Gasteiger partial charge in [0.1, 0.15) is 0 Å². The topological polar surface area (TPSA) is 72.3 Å². The molecular weight excluding hydrogens is 409 g/mol. The van der Waals surface area contributed by atoms with Gasteiger partial charge in [-0.05, 0) is 50.5 Å². The van der Waals surface area contributed by atoms with Gasteiger partial charge in [0.05, 0.1) is 16.9 Å². The Balaban J connectivity index is 1.54. The lowest BCUT2D eigenvalue weighted by Crippen LogP contribution is -2.23. The first kappa shape index (κ1) is 20.5. The molecule has 1 saturated heterocycles. The lowest BCUT2D eigenvalue weighted by Gasteiger charge is -2.22. The average molecular weight is 434 g/mol. The summed E-state index contributed by atoms with van der Waals surface area (Å²) in [5.41, 5.74) is 2.62. The fourth-order valence-electron chi connectivity index (χ4n) is 3.73. The summed E-state index contributed by atoms with van der Waals surface area (Å²) in [5.74, 6) is 1.78. The standard InChI is InChI=1S/C21H25Cl2N5O/c22-17-12-24-19(27-15-4-2-1-3-5-15)10-16(17)18-13-25-20(23)21(28-18)26-11-14-6-8-29-9-7-14/h10,12-14H,1-9,11H2,(H,26,28). The number of nitrogens with zero attached hydrogens (tertiary/aromatic N) is 4. The molecule has 3 heterocycles. The summed E-state index contributed by atoms with van der Waals surface area (Å²) in [5, 5.41) is 4.22. The zero-order chi connectivity index (χ0) is 20.1. The Morgan fingerprint density at radius 1 is 1.07 bits per heavy atom. The highest BCUT2D eigenvalue weighted by atomic mass is 35.5. The van der Waals surface area contributed by atoms with Gasteiger partial charge in [-0.15, -0.1) is 0 Å². The second-order valence-electron chi connectivity index (χ2n) is 7.59. The number of pyridine rings is 1. The van der Waals surface area contributed by atoms with E-state index in [1.54, 1.807) is 12.4 Å². The van der Waals surface area contributed by atoms with Gasteiger partial charge < -0.3 is 10.1 Å². The molecule has 1 saturated carbocycles. The number of hydrogen-bond acceptors (Lipinski definition) is 6. The van der Waals surface area contributed by atoms with Crippen LogP contribution in [0.5, 0.6) is 0 Å². The third-order valence-corrected chi connectivity index (χ3v) is 6.02. The first-order chi connectivity index (χ1) is 14.2. The third-order valence-electron chi connectivity index (χ3n) is 5.45. The second kappa shape index (κ2) is 9.83. The molecule has 0 spiro atoms. The first-order valence-electron chi connectivity index (χ1n) is 10.3. The van der Waals surface area contributed by atoms with Crippen LogP contribution in [0.2, 0.25) is 10.2 Å². The molecular formula is C21H25Cl2N5O. The molecule has 0 aromatic carbocycles. The first-order valence-corrected chi connectivity index (χ1v) is 11.0. The summed E-state index contributed by atoms with van der Waals surface area (Å²) in [7, 11) is 0. The van der Waals surface area contributed by atoms with E-state index < -0.39 is 0 Å². The van der Waals surface area contributed by atoms with Crippen molar-refractivity contribution >= 4 is 40.5 Å². The van der Waals surface area contributed by atoms with Crippen LogP contribution >= 0.6 is 23.2 Å². The Morgan fingerprint density at radius 2 is 1.86 bits per heavy atom. The van der Waals surface area contributed by atoms with Crippen LogP contribution in [0.1, 0.15) is 44.9 Å². The van der Waals surface area contributed by atoms with Gasteiger partial charge in [0.2, 0.25) is 0 Å². The van der Waals surface area contributed by atoms with Crippen LogP contribution in [0.25, 0.3) is 11.3 Å². The summed E-state index contributed by atoms with van der Waals surface area (Å²) in [6, 6.07) is 1.88. The Kier molecular flexibility index (Phi) is 6.95. The summed E-state index contributed by atoms with van der Waals surface area (Å²) < 4.78 is 5.42. The van der Waals surface area contributed by atoms with E-state index in [2.05, 4.69) is 20.3 Å². The SMILES string of the molecule is Clc1cnc(N=C2CCCCC2)cc1-c1cnc(Cl)c(NCC2CCOCC2)n1. The highest BCUT2D eigenvalue weighted by Crippen LogP contribution is 2.31. The van der Waals surface area contributed by atoms with E-state index in [1.807, 2.05) is 6.07 Å². The van der Waals surface area contributed by atoms with Crippen molar-refractivity contribution in [1.82, 2.24) is 15.0 Å². The molecule has 0 unspecified atom stereocenters. The van der Waals surface area contributed by atoms with Gasteiger partial charge in [0.25, 0.3) is 0 Å². The van der Waals surface area contributed by atoms with Crippen LogP contribution in [0.4, 0.5) is 11.6 Å². The molecule has 6 nitrogen and oxygen atoms in total. The number of anilines is 1. The fraction of sp³-hybridized carbons (Fsp3) is 0.524. The number of halogens is 2. The van der Waals surface area contributed by atoms with Gasteiger partial charge in [0.15, 0.2) is 16.8 Å². The van der Waals surface area contributed by atoms with E-state index in [4.69, 9.17) is 32.9 Å². The molecule has 2 aliphatic rings. The van der Waals surface area contributed by atoms with Crippen molar-refractivity contribution in [2.45, 2.75) is 44.9 Å². The molecule has 0 amide bonds. The van der Waals surface area contributed by atoms with Crippen LogP contribution in [0.15, 0.2) is 23.5 Å². The van der Waals surface area contributed by atoms with Crippen LogP contribution in [-0.2, 0) is 4.74 Å². The number of aliphatic imine (C=N–C) groups is 1. The Labute approximate surface area is 181 Å². The quantitative estimate of drug-likeness (QED) is 0.652. The highest BCUT2D eigenvalue weighted by Gasteiger charge is 2.16. The lowest BCUT2D eigenvalue weighted by molar-refractivity contribution is 0.0699. The van der Waals surface area contributed by atoms with E-state index in [0.29, 0.717) is 33.4 Å². The van der Waals surface area contributed by atoms with E-state index in [0.717, 1.165) is 51.0 Å². The summed E-state index contributed by atoms with van der Waals surface area (Å²) in [6.07, 6.45) is 11.1. The Morgan fingerprint density at radius 3 is 2.66 bits per heavy atom. The van der Waals surface area contributed by atoms with Crippen LogP contribution in [0, 0.1) is 5.92 Å². The zero-order valence-corrected chi connectivity index (χ0v) is 17.8. The fourth-order valence-corrected chi connectivity index (χ4v) is 4.08. The largest absolute Gasteiger partial charge is 0.381 e. The van der Waals surface area contributed by atoms with Crippen molar-refractivity contribution in [1.29, 1.82) is 0 Å². The van der Waals surface area contributed by atoms with Crippen molar-refractivity contribution in [3.63, 3.8) is 0 Å². The van der Waals surface area contributed by atoms with E-state index in [-0.39, 0.29) is 0 Å². The van der Waals surface area contributed by atoms with E-state index in [1.165, 1.54) is 25.0 Å². The Hall–Kier alpha value is -1.76. The monoisotopic (exact) mass is 433 g/mol. The normalized spacial score (nSPS) is 17.9. The maximum absolute atomic E-state index is 6.42. The second-order valence-corrected chi connectivity index (χ2v) is 8.36. The number of hydrogen-bond donors (Lipinski definition) is 1. The molecule has 1 aliphatic heterocycles. The molecule has 0 atom stereocenters. The van der Waals surface area contributed by atoms with Crippen LogP contribution in [0.3, 0.4) is 0 Å². The molecule has 4 rings (SSSR count). The van der Waals surface area contributed by atoms with Crippen molar-refractivity contribution in [2.75, 3.05) is 25.1 Å². The molecule has 2 aromatic rings. The third kappa shape index (κ3) is 5.44. The molecule has 0 radical (unpaired) electrons. The number of ether oxygens (including phenoxy) is 1. The Bertz CT molecular complexity index is 875. The number of aromatic nitrogens is 3. The molecule has 2 fully saturated rings. The predicted molar refractivity (Wildman–Crippen MR) is 117 cm³/mol. The molecule has 2 aromatic heterocycles. The minimum absolute atomic E-state index is 0.355. The summed E-state index contributed by atoms with van der Waals surface area (Å²) >= 11 is 12.7. The van der Waals surface area contributed by atoms with Crippen molar-refractivity contribution in [3.8, 4) is 11.3 Å². The summed E-state index contributed by atoms with van der Waals surface area (Å²) in [4.78, 5) is 18.1. The highest BCUT2D eigenvalue weighted by molar-refractivity contribution is 6.33. The maximum Gasteiger partial charge on any atom is 0.171 e. The van der Waals surface area contributed by atoms with Crippen molar-refractivity contribution in [3.05, 3.63) is 28.6 Å². The van der Waals surface area contributed by atoms with Crippen LogP contribution < -0.4 is 5.32 Å².